The number of rotatable bonds is 6. The van der Waals surface area contributed by atoms with Crippen molar-refractivity contribution in [2.24, 2.45) is 5.92 Å². The van der Waals surface area contributed by atoms with E-state index in [0.717, 1.165) is 0 Å². The zero-order valence-electron chi connectivity index (χ0n) is 11.1. The number of ether oxygens (including phenoxy) is 1. The third kappa shape index (κ3) is 5.48. The van der Waals surface area contributed by atoms with Gasteiger partial charge in [-0.25, -0.2) is 0 Å². The highest BCUT2D eigenvalue weighted by Gasteiger charge is 2.31. The van der Waals surface area contributed by atoms with Gasteiger partial charge in [-0.1, -0.05) is 26.0 Å². The Balaban J connectivity index is 2.69. The molecule has 0 spiro atoms. The van der Waals surface area contributed by atoms with E-state index in [4.69, 9.17) is 5.11 Å². The number of alkyl halides is 3. The minimum Gasteiger partial charge on any atom is -0.480 e. The van der Waals surface area contributed by atoms with Crippen molar-refractivity contribution in [1.29, 1.82) is 0 Å². The molecule has 112 valence electrons. The number of benzene rings is 1. The second kappa shape index (κ2) is 6.60. The molecule has 0 radical (unpaired) electrons. The van der Waals surface area contributed by atoms with Crippen molar-refractivity contribution in [3.8, 4) is 5.75 Å². The van der Waals surface area contributed by atoms with Crippen LogP contribution in [0.2, 0.25) is 0 Å². The van der Waals surface area contributed by atoms with Gasteiger partial charge in [-0.05, 0) is 23.6 Å². The Hall–Kier alpha value is -1.76. The van der Waals surface area contributed by atoms with Crippen LogP contribution in [0.4, 0.5) is 13.2 Å². The van der Waals surface area contributed by atoms with Gasteiger partial charge in [0.05, 0.1) is 0 Å². The quantitative estimate of drug-likeness (QED) is 0.846. The molecule has 0 aliphatic carbocycles. The molecular weight excluding hydrogens is 275 g/mol. The number of hydrogen-bond donors (Lipinski definition) is 2. The highest BCUT2D eigenvalue weighted by Crippen LogP contribution is 2.23. The molecule has 0 aliphatic rings. The van der Waals surface area contributed by atoms with E-state index in [1.807, 2.05) is 0 Å². The molecule has 0 aromatic heterocycles. The van der Waals surface area contributed by atoms with Crippen LogP contribution in [0.3, 0.4) is 0 Å². The predicted octanol–water partition coefficient (Wildman–Crippen LogP) is 2.78. The van der Waals surface area contributed by atoms with Crippen molar-refractivity contribution < 1.29 is 27.8 Å². The van der Waals surface area contributed by atoms with E-state index in [1.165, 1.54) is 18.2 Å². The number of aliphatic carboxylic acids is 1. The normalized spacial score (nSPS) is 13.3. The number of carboxylic acid groups (broad SMARTS) is 1. The Labute approximate surface area is 114 Å². The van der Waals surface area contributed by atoms with Gasteiger partial charge in [-0.2, -0.15) is 0 Å². The molecule has 0 unspecified atom stereocenters. The Morgan fingerprint density at radius 3 is 2.55 bits per heavy atom. The van der Waals surface area contributed by atoms with Gasteiger partial charge in [0.1, 0.15) is 11.8 Å². The summed E-state index contributed by atoms with van der Waals surface area (Å²) >= 11 is 0. The first-order valence-corrected chi connectivity index (χ1v) is 6.00. The smallest absolute Gasteiger partial charge is 0.480 e. The number of halogens is 3. The second-order valence-corrected chi connectivity index (χ2v) is 4.64. The third-order valence-corrected chi connectivity index (χ3v) is 2.59. The van der Waals surface area contributed by atoms with Gasteiger partial charge in [0.2, 0.25) is 0 Å². The maximum absolute atomic E-state index is 12.1. The highest BCUT2D eigenvalue weighted by molar-refractivity contribution is 5.73. The van der Waals surface area contributed by atoms with E-state index >= 15 is 0 Å². The van der Waals surface area contributed by atoms with E-state index in [9.17, 15) is 18.0 Å². The lowest BCUT2D eigenvalue weighted by molar-refractivity contribution is -0.274. The number of nitrogens with one attached hydrogen (secondary N) is 1. The van der Waals surface area contributed by atoms with Crippen LogP contribution in [0.1, 0.15) is 19.4 Å². The molecule has 1 rings (SSSR count). The van der Waals surface area contributed by atoms with Crippen molar-refractivity contribution in [2.75, 3.05) is 0 Å². The van der Waals surface area contributed by atoms with Crippen molar-refractivity contribution in [2.45, 2.75) is 32.8 Å². The van der Waals surface area contributed by atoms with Crippen molar-refractivity contribution >= 4 is 5.97 Å². The van der Waals surface area contributed by atoms with Crippen LogP contribution in [0.25, 0.3) is 0 Å². The first-order chi connectivity index (χ1) is 9.19. The van der Waals surface area contributed by atoms with E-state index in [1.54, 1.807) is 19.9 Å². The standard InChI is InChI=1S/C13H16F3NO3/c1-8(2)11(12(18)19)17-7-9-4-3-5-10(6-9)20-13(14,15)16/h3-6,8,11,17H,7H2,1-2H3,(H,18,19)/t11-/m0/s1. The number of hydrogen-bond acceptors (Lipinski definition) is 3. The van der Waals surface area contributed by atoms with Gasteiger partial charge in [0, 0.05) is 6.54 Å². The summed E-state index contributed by atoms with van der Waals surface area (Å²) in [4.78, 5) is 11.0. The summed E-state index contributed by atoms with van der Waals surface area (Å²) in [5.74, 6) is -1.46. The average Bonchev–Trinajstić information content (AvgIpc) is 2.26. The lowest BCUT2D eigenvalue weighted by Gasteiger charge is -2.18. The van der Waals surface area contributed by atoms with Gasteiger partial charge >= 0.3 is 12.3 Å². The number of carbonyl (C=O) groups is 1. The lowest BCUT2D eigenvalue weighted by atomic mass is 10.0. The van der Waals surface area contributed by atoms with Gasteiger partial charge in [-0.15, -0.1) is 13.2 Å². The summed E-state index contributed by atoms with van der Waals surface area (Å²) in [6.45, 7) is 3.63. The Morgan fingerprint density at radius 1 is 1.40 bits per heavy atom. The van der Waals surface area contributed by atoms with Gasteiger partial charge in [0.15, 0.2) is 0 Å². The van der Waals surface area contributed by atoms with E-state index in [2.05, 4.69) is 10.1 Å². The Morgan fingerprint density at radius 2 is 2.05 bits per heavy atom. The zero-order chi connectivity index (χ0) is 15.3. The molecule has 20 heavy (non-hydrogen) atoms. The fraction of sp³-hybridized carbons (Fsp3) is 0.462. The summed E-state index contributed by atoms with van der Waals surface area (Å²) in [5.41, 5.74) is 0.513. The van der Waals surface area contributed by atoms with Crippen molar-refractivity contribution in [3.63, 3.8) is 0 Å². The molecule has 1 aromatic carbocycles. The molecule has 1 atom stereocenters. The molecular formula is C13H16F3NO3. The third-order valence-electron chi connectivity index (χ3n) is 2.59. The fourth-order valence-corrected chi connectivity index (χ4v) is 1.69. The average molecular weight is 291 g/mol. The molecule has 1 aromatic rings. The highest BCUT2D eigenvalue weighted by atomic mass is 19.4. The summed E-state index contributed by atoms with van der Waals surface area (Å²) in [6, 6.07) is 4.66. The number of carboxylic acids is 1. The minimum absolute atomic E-state index is 0.137. The molecule has 0 bridgehead atoms. The molecule has 0 heterocycles. The molecule has 4 nitrogen and oxygen atoms in total. The Kier molecular flexibility index (Phi) is 5.38. The van der Waals surface area contributed by atoms with E-state index in [0.29, 0.717) is 5.56 Å². The van der Waals surface area contributed by atoms with E-state index < -0.39 is 18.4 Å². The zero-order valence-corrected chi connectivity index (χ0v) is 11.1. The monoisotopic (exact) mass is 291 g/mol. The second-order valence-electron chi connectivity index (χ2n) is 4.64. The SMILES string of the molecule is CC(C)[C@H](NCc1cccc(OC(F)(F)F)c1)C(=O)O. The summed E-state index contributed by atoms with van der Waals surface area (Å²) in [6.07, 6.45) is -4.74. The lowest BCUT2D eigenvalue weighted by Crippen LogP contribution is -2.40. The van der Waals surface area contributed by atoms with Gasteiger partial charge in [-0.3, -0.25) is 4.79 Å². The van der Waals surface area contributed by atoms with Gasteiger partial charge < -0.3 is 15.2 Å². The van der Waals surface area contributed by atoms with Crippen LogP contribution in [0.15, 0.2) is 24.3 Å². The maximum atomic E-state index is 12.1. The molecule has 0 aliphatic heterocycles. The van der Waals surface area contributed by atoms with Crippen LogP contribution in [0.5, 0.6) is 5.75 Å². The molecule has 0 saturated heterocycles. The Bertz CT molecular complexity index is 460. The van der Waals surface area contributed by atoms with E-state index in [-0.39, 0.29) is 18.2 Å². The van der Waals surface area contributed by atoms with Gasteiger partial charge in [0.25, 0.3) is 0 Å². The summed E-state index contributed by atoms with van der Waals surface area (Å²) in [5, 5.41) is 11.8. The van der Waals surface area contributed by atoms with Crippen LogP contribution in [-0.2, 0) is 11.3 Å². The first kappa shape index (κ1) is 16.3. The van der Waals surface area contributed by atoms with Crippen LogP contribution >= 0.6 is 0 Å². The topological polar surface area (TPSA) is 58.6 Å². The molecule has 0 fully saturated rings. The fourth-order valence-electron chi connectivity index (χ4n) is 1.69. The van der Waals surface area contributed by atoms with Crippen LogP contribution in [-0.4, -0.2) is 23.5 Å². The van der Waals surface area contributed by atoms with Crippen LogP contribution in [0, 0.1) is 5.92 Å². The van der Waals surface area contributed by atoms with Crippen molar-refractivity contribution in [1.82, 2.24) is 5.32 Å². The molecule has 0 saturated carbocycles. The summed E-state index contributed by atoms with van der Waals surface area (Å²) < 4.78 is 40.0. The first-order valence-electron chi connectivity index (χ1n) is 6.00. The summed E-state index contributed by atoms with van der Waals surface area (Å²) in [7, 11) is 0. The van der Waals surface area contributed by atoms with Crippen molar-refractivity contribution in [3.05, 3.63) is 29.8 Å². The molecule has 7 heteroatoms. The minimum atomic E-state index is -4.74. The van der Waals surface area contributed by atoms with Crippen LogP contribution < -0.4 is 10.1 Å². The predicted molar refractivity (Wildman–Crippen MR) is 66.2 cm³/mol. The maximum Gasteiger partial charge on any atom is 0.573 e. The molecule has 2 N–H and O–H groups in total. The largest absolute Gasteiger partial charge is 0.573 e. The molecule has 0 amide bonds.